The van der Waals surface area contributed by atoms with Crippen molar-refractivity contribution in [2.75, 3.05) is 0 Å². The van der Waals surface area contributed by atoms with Gasteiger partial charge in [-0.2, -0.15) is 0 Å². The van der Waals surface area contributed by atoms with Gasteiger partial charge in [0.05, 0.1) is 10.6 Å². The number of carbonyl (C=O) groups excluding carboxylic acids is 1. The summed E-state index contributed by atoms with van der Waals surface area (Å²) in [5.41, 5.74) is 2.06. The summed E-state index contributed by atoms with van der Waals surface area (Å²) in [7, 11) is -1.78. The fourth-order valence-electron chi connectivity index (χ4n) is 3.49. The van der Waals surface area contributed by atoms with E-state index in [1.807, 2.05) is 35.9 Å². The van der Waals surface area contributed by atoms with Crippen LogP contribution in [0.2, 0.25) is 0 Å². The lowest BCUT2D eigenvalue weighted by atomic mass is 10.1. The average molecular weight is 325 g/mol. The van der Waals surface area contributed by atoms with Gasteiger partial charge in [0.2, 0.25) is 0 Å². The Morgan fingerprint density at radius 2 is 1.65 bits per heavy atom. The molecule has 0 spiro atoms. The number of nitrogens with zero attached hydrogens (tertiary/aromatic N) is 1. The average Bonchev–Trinajstić information content (AvgIpc) is 3.06. The van der Waals surface area contributed by atoms with Crippen LogP contribution in [0.15, 0.2) is 59.5 Å². The first-order valence-corrected chi connectivity index (χ1v) is 8.96. The molecule has 0 amide bonds. The van der Waals surface area contributed by atoms with E-state index in [0.717, 1.165) is 10.9 Å². The van der Waals surface area contributed by atoms with Crippen LogP contribution in [0.4, 0.5) is 0 Å². The number of rotatable bonds is 2. The van der Waals surface area contributed by atoms with E-state index in [4.69, 9.17) is 0 Å². The molecule has 1 aliphatic rings. The Labute approximate surface area is 134 Å². The number of ketones is 1. The van der Waals surface area contributed by atoms with Crippen molar-refractivity contribution in [3.63, 3.8) is 0 Å². The Morgan fingerprint density at radius 1 is 1.00 bits per heavy atom. The molecule has 0 fully saturated rings. The molecule has 4 rings (SSSR count). The second kappa shape index (κ2) is 4.80. The zero-order valence-electron chi connectivity index (χ0n) is 12.6. The molecule has 0 aliphatic heterocycles. The lowest BCUT2D eigenvalue weighted by Gasteiger charge is -2.12. The number of hydrogen-bond acceptors (Lipinski definition) is 3. The number of hydrogen-bond donors (Lipinski definition) is 0. The Morgan fingerprint density at radius 3 is 2.39 bits per heavy atom. The second-order valence-corrected chi connectivity index (χ2v) is 7.94. The Hall–Kier alpha value is -2.40. The van der Waals surface area contributed by atoms with Crippen LogP contribution >= 0.6 is 0 Å². The van der Waals surface area contributed by atoms with Crippen molar-refractivity contribution in [2.45, 2.75) is 16.6 Å². The molecule has 1 aliphatic carbocycles. The van der Waals surface area contributed by atoms with Crippen molar-refractivity contribution < 1.29 is 13.2 Å². The van der Waals surface area contributed by atoms with Crippen LogP contribution in [0, 0.1) is 0 Å². The van der Waals surface area contributed by atoms with Crippen LogP contribution in [0.3, 0.4) is 0 Å². The summed E-state index contributed by atoms with van der Waals surface area (Å²) in [4.78, 5) is 12.7. The SMILES string of the molecule is Cn1c2c(c3ccccc31)C(S(=O)(=O)c1ccccc1)CC2=O. The van der Waals surface area contributed by atoms with E-state index in [0.29, 0.717) is 11.3 Å². The molecule has 2 aromatic carbocycles. The maximum Gasteiger partial charge on any atom is 0.185 e. The molecule has 1 atom stereocenters. The summed E-state index contributed by atoms with van der Waals surface area (Å²) in [5.74, 6) is -0.108. The van der Waals surface area contributed by atoms with Gasteiger partial charge in [0.25, 0.3) is 0 Å². The van der Waals surface area contributed by atoms with Gasteiger partial charge in [-0.25, -0.2) is 8.42 Å². The molecule has 0 saturated carbocycles. The second-order valence-electron chi connectivity index (χ2n) is 5.81. The van der Waals surface area contributed by atoms with Gasteiger partial charge >= 0.3 is 0 Å². The van der Waals surface area contributed by atoms with Gasteiger partial charge in [-0.1, -0.05) is 36.4 Å². The summed E-state index contributed by atoms with van der Waals surface area (Å²) >= 11 is 0. The van der Waals surface area contributed by atoms with E-state index in [9.17, 15) is 13.2 Å². The molecule has 3 aromatic rings. The number of Topliss-reactive ketones (excluding diaryl/α,β-unsaturated/α-hetero) is 1. The number of benzene rings is 2. The maximum atomic E-state index is 13.0. The minimum atomic E-state index is -3.60. The summed E-state index contributed by atoms with van der Waals surface area (Å²) in [6, 6.07) is 15.9. The molecule has 0 bridgehead atoms. The van der Waals surface area contributed by atoms with Crippen molar-refractivity contribution in [2.24, 2.45) is 7.05 Å². The van der Waals surface area contributed by atoms with E-state index >= 15 is 0 Å². The Kier molecular flexibility index (Phi) is 2.96. The number of aryl methyl sites for hydroxylation is 1. The van der Waals surface area contributed by atoms with Crippen LogP contribution in [0.25, 0.3) is 10.9 Å². The number of fused-ring (bicyclic) bond motifs is 3. The molecule has 4 nitrogen and oxygen atoms in total. The number of para-hydroxylation sites is 1. The van der Waals surface area contributed by atoms with Crippen LogP contribution < -0.4 is 0 Å². The first-order chi connectivity index (χ1) is 11.0. The quantitative estimate of drug-likeness (QED) is 0.726. The number of carbonyl (C=O) groups is 1. The highest BCUT2D eigenvalue weighted by atomic mass is 32.2. The zero-order chi connectivity index (χ0) is 16.2. The standard InChI is InChI=1S/C18H15NO3S/c1-19-14-10-6-5-9-13(14)17-16(11-15(20)18(17)19)23(21,22)12-7-3-2-4-8-12/h2-10,16H,11H2,1H3. The van der Waals surface area contributed by atoms with Gasteiger partial charge in [0.15, 0.2) is 15.6 Å². The van der Waals surface area contributed by atoms with Gasteiger partial charge in [-0.3, -0.25) is 4.79 Å². The smallest absolute Gasteiger partial charge is 0.185 e. The predicted molar refractivity (Wildman–Crippen MR) is 88.2 cm³/mol. The van der Waals surface area contributed by atoms with Crippen molar-refractivity contribution in [1.82, 2.24) is 4.57 Å². The molecule has 1 unspecified atom stereocenters. The molecular formula is C18H15NO3S. The van der Waals surface area contributed by atoms with Crippen molar-refractivity contribution in [3.05, 3.63) is 65.9 Å². The molecule has 5 heteroatoms. The fraction of sp³-hybridized carbons (Fsp3) is 0.167. The van der Waals surface area contributed by atoms with E-state index < -0.39 is 15.1 Å². The lowest BCUT2D eigenvalue weighted by molar-refractivity contribution is 0.0986. The molecule has 0 N–H and O–H groups in total. The molecule has 1 aromatic heterocycles. The maximum absolute atomic E-state index is 13.0. The summed E-state index contributed by atoms with van der Waals surface area (Å²) in [5, 5.41) is 0.0406. The Bertz CT molecular complexity index is 1030. The molecule has 0 radical (unpaired) electrons. The first-order valence-electron chi connectivity index (χ1n) is 7.41. The topological polar surface area (TPSA) is 56.1 Å². The van der Waals surface area contributed by atoms with E-state index in [-0.39, 0.29) is 17.1 Å². The molecule has 116 valence electrons. The van der Waals surface area contributed by atoms with E-state index in [1.165, 1.54) is 0 Å². The van der Waals surface area contributed by atoms with Crippen LogP contribution in [0.1, 0.15) is 27.7 Å². The van der Waals surface area contributed by atoms with Crippen LogP contribution in [-0.2, 0) is 16.9 Å². The minimum absolute atomic E-state index is 0.0145. The molecular weight excluding hydrogens is 310 g/mol. The highest BCUT2D eigenvalue weighted by Gasteiger charge is 2.42. The summed E-state index contributed by atoms with van der Waals surface area (Å²) in [6.07, 6.45) is 0.0145. The lowest BCUT2D eigenvalue weighted by Crippen LogP contribution is -2.11. The third kappa shape index (κ3) is 1.90. The Balaban J connectivity index is 2.00. The predicted octanol–water partition coefficient (Wildman–Crippen LogP) is 3.28. The normalized spacial score (nSPS) is 17.6. The van der Waals surface area contributed by atoms with Crippen molar-refractivity contribution in [1.29, 1.82) is 0 Å². The third-order valence-electron chi connectivity index (χ3n) is 4.55. The minimum Gasteiger partial charge on any atom is -0.341 e. The van der Waals surface area contributed by atoms with E-state index in [2.05, 4.69) is 0 Å². The highest BCUT2D eigenvalue weighted by Crippen LogP contribution is 2.44. The highest BCUT2D eigenvalue weighted by molar-refractivity contribution is 7.91. The van der Waals surface area contributed by atoms with E-state index in [1.54, 1.807) is 30.3 Å². The van der Waals surface area contributed by atoms with Gasteiger partial charge < -0.3 is 4.57 Å². The molecule has 0 saturated heterocycles. The van der Waals surface area contributed by atoms with Crippen molar-refractivity contribution in [3.8, 4) is 0 Å². The largest absolute Gasteiger partial charge is 0.341 e. The van der Waals surface area contributed by atoms with Gasteiger partial charge in [-0.05, 0) is 18.2 Å². The van der Waals surface area contributed by atoms with Gasteiger partial charge in [-0.15, -0.1) is 0 Å². The van der Waals surface area contributed by atoms with Crippen molar-refractivity contribution >= 4 is 26.5 Å². The summed E-state index contributed by atoms with van der Waals surface area (Å²) in [6.45, 7) is 0. The molecule has 1 heterocycles. The molecule has 23 heavy (non-hydrogen) atoms. The number of aromatic nitrogens is 1. The zero-order valence-corrected chi connectivity index (χ0v) is 13.4. The van der Waals surface area contributed by atoms with Crippen LogP contribution in [0.5, 0.6) is 0 Å². The number of sulfone groups is 1. The third-order valence-corrected chi connectivity index (χ3v) is 6.63. The van der Waals surface area contributed by atoms with Gasteiger partial charge in [0, 0.05) is 29.9 Å². The summed E-state index contributed by atoms with van der Waals surface area (Å²) < 4.78 is 27.9. The monoisotopic (exact) mass is 325 g/mol. The fourth-order valence-corrected chi connectivity index (χ4v) is 5.28. The van der Waals surface area contributed by atoms with Gasteiger partial charge in [0.1, 0.15) is 5.25 Å². The van der Waals surface area contributed by atoms with Crippen LogP contribution in [-0.4, -0.2) is 18.8 Å². The first kappa shape index (κ1) is 14.2.